The van der Waals surface area contributed by atoms with Gasteiger partial charge in [-0.2, -0.15) is 0 Å². The Morgan fingerprint density at radius 2 is 1.07 bits per heavy atom. The van der Waals surface area contributed by atoms with E-state index in [4.69, 9.17) is 14.2 Å². The van der Waals surface area contributed by atoms with Crippen LogP contribution in [0.5, 0.6) is 0 Å². The van der Waals surface area contributed by atoms with Gasteiger partial charge in [-0.15, -0.1) is 0 Å². The minimum atomic E-state index is -0.888. The van der Waals surface area contributed by atoms with Gasteiger partial charge in [0.1, 0.15) is 6.61 Å². The van der Waals surface area contributed by atoms with Gasteiger partial charge in [0.2, 0.25) is 0 Å². The average Bonchev–Trinajstić information content (AvgIpc) is 3.14. The van der Waals surface area contributed by atoms with Gasteiger partial charge in [-0.25, -0.2) is 4.79 Å². The molecule has 0 saturated carbocycles. The Kier molecular flexibility index (Phi) is 35.1. The number of carbonyl (C=O) groups is 3. The average molecular weight is 769 g/mol. The highest BCUT2D eigenvalue weighted by molar-refractivity contribution is 5.72. The molecule has 2 atom stereocenters. The summed E-state index contributed by atoms with van der Waals surface area (Å²) in [6, 6.07) is -0.627. The molecule has 0 bridgehead atoms. The lowest BCUT2D eigenvalue weighted by molar-refractivity contribution is -0.887. The van der Waals surface area contributed by atoms with Gasteiger partial charge in [-0.1, -0.05) is 131 Å². The second-order valence-corrected chi connectivity index (χ2v) is 14.9. The summed E-state index contributed by atoms with van der Waals surface area (Å²) in [6.07, 6.45) is 47.7. The van der Waals surface area contributed by atoms with Crippen LogP contribution in [0, 0.1) is 0 Å². The van der Waals surface area contributed by atoms with Crippen molar-refractivity contribution in [3.63, 3.8) is 0 Å². The van der Waals surface area contributed by atoms with E-state index in [9.17, 15) is 19.5 Å². The SMILES string of the molecule is CC/C=C/C/C=C/C/C=C/C/C=C/C/C=C/CCCCCCC(=O)OC(COCCC(C(=O)O)[N+](C)(C)C)COC(=O)CCCCC/C=C/C=C/CCCC. The van der Waals surface area contributed by atoms with E-state index in [1.54, 1.807) is 0 Å². The molecule has 0 fully saturated rings. The van der Waals surface area contributed by atoms with Gasteiger partial charge < -0.3 is 23.8 Å². The van der Waals surface area contributed by atoms with Crippen LogP contribution in [0.4, 0.5) is 0 Å². The maximum Gasteiger partial charge on any atom is 0.362 e. The van der Waals surface area contributed by atoms with Gasteiger partial charge in [0.15, 0.2) is 12.1 Å². The molecule has 8 heteroatoms. The first-order valence-electron chi connectivity index (χ1n) is 21.1. The molecule has 0 saturated heterocycles. The van der Waals surface area contributed by atoms with Gasteiger partial charge in [0, 0.05) is 19.3 Å². The monoisotopic (exact) mass is 769 g/mol. The van der Waals surface area contributed by atoms with Crippen molar-refractivity contribution in [2.45, 2.75) is 154 Å². The third-order valence-corrected chi connectivity index (χ3v) is 8.81. The number of carboxylic acid groups (broad SMARTS) is 1. The molecule has 0 aliphatic rings. The summed E-state index contributed by atoms with van der Waals surface area (Å²) in [5, 5.41) is 9.60. The zero-order valence-corrected chi connectivity index (χ0v) is 35.3. The number of carbonyl (C=O) groups excluding carboxylic acids is 2. The largest absolute Gasteiger partial charge is 0.477 e. The summed E-state index contributed by atoms with van der Waals surface area (Å²) in [5.74, 6) is -1.55. The smallest absolute Gasteiger partial charge is 0.362 e. The first kappa shape index (κ1) is 51.5. The topological polar surface area (TPSA) is 99.1 Å². The Bertz CT molecular complexity index is 1170. The van der Waals surface area contributed by atoms with Gasteiger partial charge in [-0.3, -0.25) is 9.59 Å². The number of esters is 2. The van der Waals surface area contributed by atoms with Crippen LogP contribution < -0.4 is 0 Å². The van der Waals surface area contributed by atoms with Crippen LogP contribution >= 0.6 is 0 Å². The number of allylic oxidation sites excluding steroid dienone is 14. The minimum absolute atomic E-state index is 0.0367. The number of nitrogens with zero attached hydrogens (tertiary/aromatic N) is 1. The molecule has 0 aromatic heterocycles. The van der Waals surface area contributed by atoms with Crippen LogP contribution in [0.1, 0.15) is 142 Å². The third-order valence-electron chi connectivity index (χ3n) is 8.81. The molecular weight excluding hydrogens is 691 g/mol. The quantitative estimate of drug-likeness (QED) is 0.0223. The normalized spacial score (nSPS) is 13.8. The number of aliphatic carboxylic acids is 1. The number of unbranched alkanes of at least 4 members (excludes halogenated alkanes) is 9. The molecule has 0 radical (unpaired) electrons. The van der Waals surface area contributed by atoms with E-state index in [2.05, 4.69) is 98.9 Å². The number of hydrogen-bond acceptors (Lipinski definition) is 6. The number of hydrogen-bond donors (Lipinski definition) is 1. The highest BCUT2D eigenvalue weighted by Crippen LogP contribution is 2.12. The van der Waals surface area contributed by atoms with E-state index >= 15 is 0 Å². The number of ether oxygens (including phenoxy) is 3. The summed E-state index contributed by atoms with van der Waals surface area (Å²) < 4.78 is 17.2. The van der Waals surface area contributed by atoms with Crippen molar-refractivity contribution in [2.75, 3.05) is 41.0 Å². The summed E-state index contributed by atoms with van der Waals surface area (Å²) in [6.45, 7) is 4.48. The van der Waals surface area contributed by atoms with E-state index in [1.807, 2.05) is 21.1 Å². The fourth-order valence-corrected chi connectivity index (χ4v) is 5.50. The molecule has 0 aromatic rings. The molecule has 55 heavy (non-hydrogen) atoms. The molecule has 0 amide bonds. The zero-order valence-electron chi connectivity index (χ0n) is 35.3. The zero-order chi connectivity index (χ0) is 40.7. The lowest BCUT2D eigenvalue weighted by Crippen LogP contribution is -2.50. The Hall–Kier alpha value is -3.49. The highest BCUT2D eigenvalue weighted by Gasteiger charge is 2.31. The van der Waals surface area contributed by atoms with E-state index in [0.717, 1.165) is 96.3 Å². The molecule has 0 spiro atoms. The van der Waals surface area contributed by atoms with Crippen LogP contribution in [0.25, 0.3) is 0 Å². The Morgan fingerprint density at radius 1 is 0.582 bits per heavy atom. The first-order chi connectivity index (χ1) is 26.6. The Balaban J connectivity index is 4.45. The van der Waals surface area contributed by atoms with Gasteiger partial charge in [0.25, 0.3) is 0 Å². The lowest BCUT2D eigenvalue weighted by Gasteiger charge is -2.31. The predicted molar refractivity (Wildman–Crippen MR) is 229 cm³/mol. The van der Waals surface area contributed by atoms with E-state index < -0.39 is 18.1 Å². The van der Waals surface area contributed by atoms with Crippen LogP contribution in [0.15, 0.2) is 85.1 Å². The van der Waals surface area contributed by atoms with Crippen molar-refractivity contribution in [1.82, 2.24) is 0 Å². The molecular formula is C47H78NO7+. The first-order valence-corrected chi connectivity index (χ1v) is 21.1. The molecule has 0 heterocycles. The van der Waals surface area contributed by atoms with E-state index in [-0.39, 0.29) is 42.7 Å². The number of carboxylic acids is 1. The van der Waals surface area contributed by atoms with Crippen molar-refractivity contribution in [3.8, 4) is 0 Å². The Morgan fingerprint density at radius 3 is 1.62 bits per heavy atom. The molecule has 0 aliphatic carbocycles. The lowest BCUT2D eigenvalue weighted by atomic mass is 10.1. The molecule has 0 rings (SSSR count). The summed E-state index contributed by atoms with van der Waals surface area (Å²) in [5.41, 5.74) is 0. The number of likely N-dealkylation sites (N-methyl/N-ethyl adjacent to an activating group) is 1. The molecule has 312 valence electrons. The molecule has 0 aromatic carbocycles. The number of rotatable bonds is 36. The van der Waals surface area contributed by atoms with E-state index in [1.165, 1.54) is 12.8 Å². The standard InChI is InChI=1S/C47H77NO7/c1-6-8-10-12-14-16-18-19-20-21-22-23-24-25-26-28-30-32-34-36-38-46(50)55-43(41-53-40-39-44(47(51)52)48(3,4)5)42-54-45(49)37-35-33-31-29-27-17-15-13-11-9-7-2/h8,10,13-17,19-20,22-23,25-27,43-44H,6-7,9,11-12,18,21,24,28-42H2,1-5H3/p+1/b10-8+,15-13+,16-14+,20-19+,23-22+,26-25+,27-17+. The van der Waals surface area contributed by atoms with Crippen molar-refractivity contribution in [3.05, 3.63) is 85.1 Å². The van der Waals surface area contributed by atoms with Gasteiger partial charge in [0.05, 0.1) is 34.4 Å². The van der Waals surface area contributed by atoms with Crippen molar-refractivity contribution < 1.29 is 38.2 Å². The van der Waals surface area contributed by atoms with Crippen molar-refractivity contribution >= 4 is 17.9 Å². The Labute approximate surface area is 335 Å². The van der Waals surface area contributed by atoms with Crippen LogP contribution in [-0.4, -0.2) is 80.6 Å². The second-order valence-electron chi connectivity index (χ2n) is 14.9. The highest BCUT2D eigenvalue weighted by atomic mass is 16.6. The maximum absolute atomic E-state index is 12.7. The molecule has 0 aliphatic heterocycles. The van der Waals surface area contributed by atoms with Crippen LogP contribution in [0.2, 0.25) is 0 Å². The third kappa shape index (κ3) is 35.9. The summed E-state index contributed by atoms with van der Waals surface area (Å²) >= 11 is 0. The van der Waals surface area contributed by atoms with Gasteiger partial charge >= 0.3 is 17.9 Å². The van der Waals surface area contributed by atoms with Crippen molar-refractivity contribution in [1.29, 1.82) is 0 Å². The number of quaternary nitrogens is 1. The van der Waals surface area contributed by atoms with Crippen LogP contribution in [-0.2, 0) is 28.6 Å². The summed E-state index contributed by atoms with van der Waals surface area (Å²) in [4.78, 5) is 36.9. The van der Waals surface area contributed by atoms with Crippen molar-refractivity contribution in [2.24, 2.45) is 0 Å². The predicted octanol–water partition coefficient (Wildman–Crippen LogP) is 11.4. The minimum Gasteiger partial charge on any atom is -0.477 e. The molecule has 2 unspecified atom stereocenters. The van der Waals surface area contributed by atoms with Crippen LogP contribution in [0.3, 0.4) is 0 Å². The maximum atomic E-state index is 12.7. The van der Waals surface area contributed by atoms with E-state index in [0.29, 0.717) is 12.8 Å². The fraction of sp³-hybridized carbons (Fsp3) is 0.638. The summed E-state index contributed by atoms with van der Waals surface area (Å²) in [7, 11) is 5.49. The fourth-order valence-electron chi connectivity index (χ4n) is 5.50. The molecule has 8 nitrogen and oxygen atoms in total. The van der Waals surface area contributed by atoms with Gasteiger partial charge in [-0.05, 0) is 77.0 Å². The second kappa shape index (κ2) is 37.4. The molecule has 1 N–H and O–H groups in total.